The maximum atomic E-state index is 4.83. The van der Waals surface area contributed by atoms with Gasteiger partial charge in [0.1, 0.15) is 0 Å². The Balaban J connectivity index is 0.00000243. The van der Waals surface area contributed by atoms with Gasteiger partial charge in [-0.2, -0.15) is 0 Å². The summed E-state index contributed by atoms with van der Waals surface area (Å²) in [6.07, 6.45) is 0. The largest absolute Gasteiger partial charge is 0.343 e. The fraction of sp³-hybridized carbons (Fsp3) is 0.381. The Kier molecular flexibility index (Phi) is 9.23. The zero-order chi connectivity index (χ0) is 17.6. The predicted octanol–water partition coefficient (Wildman–Crippen LogP) is 6.34. The van der Waals surface area contributed by atoms with Gasteiger partial charge < -0.3 is 4.90 Å². The molecule has 0 radical (unpaired) electrons. The fourth-order valence-corrected chi connectivity index (χ4v) is 4.64. The Bertz CT molecular complexity index is 702. The molecule has 0 bridgehead atoms. The van der Waals surface area contributed by atoms with Gasteiger partial charge in [0.15, 0.2) is 5.17 Å². The molecule has 2 nitrogen and oxygen atoms in total. The number of benzene rings is 2. The van der Waals surface area contributed by atoms with E-state index >= 15 is 0 Å². The molecule has 0 N–H and O–H groups in total. The second kappa shape index (κ2) is 10.9. The summed E-state index contributed by atoms with van der Waals surface area (Å²) in [6.45, 7) is 7.25. The number of alkyl halides is 1. The molecule has 1 aliphatic rings. The van der Waals surface area contributed by atoms with Crippen LogP contribution < -0.4 is 0 Å². The highest BCUT2D eigenvalue weighted by atomic mass is 127. The van der Waals surface area contributed by atoms with Gasteiger partial charge in [-0.25, -0.2) is 0 Å². The van der Waals surface area contributed by atoms with Crippen LogP contribution in [0.3, 0.4) is 0 Å². The molecule has 0 fully saturated rings. The highest BCUT2D eigenvalue weighted by Crippen LogP contribution is 2.27. The van der Waals surface area contributed by atoms with E-state index in [1.54, 1.807) is 0 Å². The van der Waals surface area contributed by atoms with Crippen molar-refractivity contribution in [2.75, 3.05) is 11.0 Å². The van der Waals surface area contributed by atoms with Gasteiger partial charge >= 0.3 is 0 Å². The Hall–Kier alpha value is -0.280. The van der Waals surface area contributed by atoms with E-state index < -0.39 is 0 Å². The van der Waals surface area contributed by atoms with E-state index in [0.29, 0.717) is 11.2 Å². The second-order valence-corrected chi connectivity index (χ2v) is 8.90. The minimum absolute atomic E-state index is 0. The molecule has 140 valence electrons. The molecule has 1 heterocycles. The zero-order valence-corrected chi connectivity index (χ0v) is 20.6. The molecule has 0 amide bonds. The lowest BCUT2D eigenvalue weighted by atomic mass is 10.0. The van der Waals surface area contributed by atoms with Crippen LogP contribution in [0, 0.1) is 0 Å². The van der Waals surface area contributed by atoms with Crippen LogP contribution >= 0.6 is 58.3 Å². The molecule has 0 saturated heterocycles. The summed E-state index contributed by atoms with van der Waals surface area (Å²) in [6, 6.07) is 19.8. The van der Waals surface area contributed by atoms with Crippen molar-refractivity contribution in [1.29, 1.82) is 0 Å². The normalized spacial score (nSPS) is 16.3. The van der Waals surface area contributed by atoms with Crippen LogP contribution in [0.5, 0.6) is 0 Å². The number of hydrogen-bond acceptors (Lipinski definition) is 3. The van der Waals surface area contributed by atoms with Crippen LogP contribution in [0.2, 0.25) is 0 Å². The third-order valence-corrected chi connectivity index (χ3v) is 7.29. The Morgan fingerprint density at radius 1 is 1.04 bits per heavy atom. The molecule has 0 saturated carbocycles. The smallest absolute Gasteiger partial charge is 0.160 e. The number of halogens is 2. The first-order valence-corrected chi connectivity index (χ1v) is 11.2. The van der Waals surface area contributed by atoms with Crippen molar-refractivity contribution in [3.8, 4) is 0 Å². The monoisotopic (exact) mass is 592 g/mol. The van der Waals surface area contributed by atoms with Gasteiger partial charge in [0.25, 0.3) is 0 Å². The van der Waals surface area contributed by atoms with E-state index in [2.05, 4.69) is 95.9 Å². The van der Waals surface area contributed by atoms with Gasteiger partial charge in [-0.1, -0.05) is 103 Å². The van der Waals surface area contributed by atoms with E-state index in [4.69, 9.17) is 4.99 Å². The number of hydrogen-bond donors (Lipinski definition) is 0. The number of thioether (sulfide) groups is 1. The molecule has 1 unspecified atom stereocenters. The van der Waals surface area contributed by atoms with Gasteiger partial charge in [0.05, 0.1) is 6.54 Å². The average molecular weight is 592 g/mol. The third-order valence-electron chi connectivity index (χ3n) is 4.38. The molecule has 1 atom stereocenters. The zero-order valence-electron chi connectivity index (χ0n) is 15.3. The van der Waals surface area contributed by atoms with Crippen molar-refractivity contribution in [3.63, 3.8) is 0 Å². The van der Waals surface area contributed by atoms with Gasteiger partial charge in [0.2, 0.25) is 0 Å². The summed E-state index contributed by atoms with van der Waals surface area (Å²) in [7, 11) is 0. The topological polar surface area (TPSA) is 15.6 Å². The van der Waals surface area contributed by atoms with Gasteiger partial charge in [-0.05, 0) is 22.6 Å². The maximum absolute atomic E-state index is 4.83. The summed E-state index contributed by atoms with van der Waals surface area (Å²) in [5.74, 6) is 0.577. The SMILES string of the molecule is CC(C)c1ccc(CN(Cc2ccccc2)C2=NCC(CI)S2)cc1.I. The van der Waals surface area contributed by atoms with Crippen LogP contribution in [0.4, 0.5) is 0 Å². The lowest BCUT2D eigenvalue weighted by Crippen LogP contribution is -2.27. The summed E-state index contributed by atoms with van der Waals surface area (Å²) < 4.78 is 1.15. The molecule has 3 rings (SSSR count). The highest BCUT2D eigenvalue weighted by Gasteiger charge is 2.23. The number of nitrogens with zero attached hydrogens (tertiary/aromatic N) is 2. The highest BCUT2D eigenvalue weighted by molar-refractivity contribution is 14.1. The van der Waals surface area contributed by atoms with Crippen LogP contribution in [0.25, 0.3) is 0 Å². The molecule has 2 aromatic carbocycles. The summed E-state index contributed by atoms with van der Waals surface area (Å²) in [5, 5.41) is 1.82. The van der Waals surface area contributed by atoms with E-state index in [-0.39, 0.29) is 24.0 Å². The molecule has 1 aliphatic heterocycles. The summed E-state index contributed by atoms with van der Waals surface area (Å²) in [5.41, 5.74) is 4.08. The number of aliphatic imine (C=N–C) groups is 1. The van der Waals surface area contributed by atoms with E-state index in [0.717, 1.165) is 24.1 Å². The first-order valence-electron chi connectivity index (χ1n) is 8.80. The fourth-order valence-electron chi connectivity index (χ4n) is 2.88. The maximum Gasteiger partial charge on any atom is 0.160 e. The van der Waals surface area contributed by atoms with Crippen molar-refractivity contribution in [2.24, 2.45) is 4.99 Å². The summed E-state index contributed by atoms with van der Waals surface area (Å²) in [4.78, 5) is 7.25. The van der Waals surface area contributed by atoms with Crippen molar-refractivity contribution in [1.82, 2.24) is 4.90 Å². The molecular formula is C21H26I2N2S. The minimum atomic E-state index is 0. The van der Waals surface area contributed by atoms with E-state index in [1.807, 2.05) is 11.8 Å². The standard InChI is InChI=1S/C21H25IN2S.HI/c1-16(2)19-10-8-18(9-11-19)15-24(14-17-6-4-3-5-7-17)21-23-13-20(12-22)25-21;/h3-11,16,20H,12-15H2,1-2H3;1H. The Morgan fingerprint density at radius 3 is 2.19 bits per heavy atom. The van der Waals surface area contributed by atoms with Crippen molar-refractivity contribution in [2.45, 2.75) is 38.1 Å². The van der Waals surface area contributed by atoms with Crippen LogP contribution in [0.15, 0.2) is 59.6 Å². The Labute approximate surface area is 192 Å². The van der Waals surface area contributed by atoms with E-state index in [9.17, 15) is 0 Å². The molecule has 0 aliphatic carbocycles. The molecule has 0 aromatic heterocycles. The average Bonchev–Trinajstić information content (AvgIpc) is 3.12. The van der Waals surface area contributed by atoms with Gasteiger partial charge in [-0.15, -0.1) is 24.0 Å². The van der Waals surface area contributed by atoms with Crippen LogP contribution in [-0.2, 0) is 13.1 Å². The van der Waals surface area contributed by atoms with Crippen molar-refractivity contribution in [3.05, 3.63) is 71.3 Å². The molecule has 0 spiro atoms. The molecule has 26 heavy (non-hydrogen) atoms. The van der Waals surface area contributed by atoms with Crippen LogP contribution in [0.1, 0.15) is 36.5 Å². The number of amidine groups is 1. The van der Waals surface area contributed by atoms with Crippen LogP contribution in [-0.4, -0.2) is 26.3 Å². The first kappa shape index (κ1) is 22.0. The minimum Gasteiger partial charge on any atom is -0.343 e. The lowest BCUT2D eigenvalue weighted by Gasteiger charge is -2.25. The summed E-state index contributed by atoms with van der Waals surface area (Å²) >= 11 is 4.40. The van der Waals surface area contributed by atoms with Crippen molar-refractivity contribution < 1.29 is 0 Å². The molecule has 5 heteroatoms. The van der Waals surface area contributed by atoms with E-state index in [1.165, 1.54) is 21.9 Å². The molecular weight excluding hydrogens is 566 g/mol. The number of rotatable bonds is 6. The van der Waals surface area contributed by atoms with Crippen molar-refractivity contribution >= 4 is 63.5 Å². The quantitative estimate of drug-likeness (QED) is 0.288. The molecule has 2 aromatic rings. The first-order chi connectivity index (χ1) is 12.2. The predicted molar refractivity (Wildman–Crippen MR) is 134 cm³/mol. The third kappa shape index (κ3) is 6.12. The Morgan fingerprint density at radius 2 is 1.65 bits per heavy atom. The second-order valence-electron chi connectivity index (χ2n) is 6.76. The van der Waals surface area contributed by atoms with Gasteiger partial charge in [0, 0.05) is 22.8 Å². The van der Waals surface area contributed by atoms with Gasteiger partial charge in [-0.3, -0.25) is 4.99 Å². The lowest BCUT2D eigenvalue weighted by molar-refractivity contribution is 0.414.